The predicted octanol–water partition coefficient (Wildman–Crippen LogP) is 3.62. The highest BCUT2D eigenvalue weighted by Gasteiger charge is 2.23. The van der Waals surface area contributed by atoms with Crippen molar-refractivity contribution in [1.29, 1.82) is 0 Å². The third-order valence-electron chi connectivity index (χ3n) is 3.43. The van der Waals surface area contributed by atoms with Gasteiger partial charge in [0.15, 0.2) is 0 Å². The molecule has 3 heteroatoms. The average Bonchev–Trinajstić information content (AvgIpc) is 2.37. The first kappa shape index (κ1) is 13.1. The van der Waals surface area contributed by atoms with E-state index >= 15 is 0 Å². The van der Waals surface area contributed by atoms with E-state index in [9.17, 15) is 0 Å². The fourth-order valence-corrected chi connectivity index (χ4v) is 2.98. The molecule has 2 rings (SSSR count). The van der Waals surface area contributed by atoms with E-state index in [1.807, 2.05) is 0 Å². The van der Waals surface area contributed by atoms with Gasteiger partial charge in [-0.2, -0.15) is 0 Å². The zero-order valence-electron chi connectivity index (χ0n) is 10.4. The Morgan fingerprint density at radius 2 is 2.29 bits per heavy atom. The van der Waals surface area contributed by atoms with Crippen molar-refractivity contribution in [2.24, 2.45) is 0 Å². The van der Waals surface area contributed by atoms with Gasteiger partial charge < -0.3 is 4.74 Å². The lowest BCUT2D eigenvalue weighted by atomic mass is 9.95. The molecule has 0 amide bonds. The van der Waals surface area contributed by atoms with Crippen LogP contribution in [0.25, 0.3) is 0 Å². The summed E-state index contributed by atoms with van der Waals surface area (Å²) in [6, 6.07) is 9.27. The second-order valence-corrected chi connectivity index (χ2v) is 5.51. The minimum Gasteiger partial charge on any atom is -0.383 e. The van der Waals surface area contributed by atoms with Crippen LogP contribution in [-0.2, 0) is 4.74 Å². The first-order chi connectivity index (χ1) is 8.31. The third-order valence-corrected chi connectivity index (χ3v) is 3.92. The summed E-state index contributed by atoms with van der Waals surface area (Å²) in [5, 5.41) is 0. The quantitative estimate of drug-likeness (QED) is 0.842. The summed E-state index contributed by atoms with van der Waals surface area (Å²) in [4.78, 5) is 2.55. The standard InChI is InChI=1S/C14H20BrNO/c1-17-10-9-16-8-3-2-7-14(16)12-5-4-6-13(15)11-12/h4-6,11,14H,2-3,7-10H2,1H3. The Balaban J connectivity index is 2.10. The van der Waals surface area contributed by atoms with Crippen LogP contribution in [0.1, 0.15) is 30.9 Å². The fourth-order valence-electron chi connectivity index (χ4n) is 2.56. The first-order valence-corrected chi connectivity index (χ1v) is 7.09. The number of likely N-dealkylation sites (tertiary alicyclic amines) is 1. The van der Waals surface area contributed by atoms with Crippen molar-refractivity contribution < 1.29 is 4.74 Å². The number of rotatable bonds is 4. The number of methoxy groups -OCH3 is 1. The van der Waals surface area contributed by atoms with Gasteiger partial charge in [-0.15, -0.1) is 0 Å². The molecule has 0 spiro atoms. The molecule has 0 saturated carbocycles. The van der Waals surface area contributed by atoms with E-state index in [2.05, 4.69) is 45.1 Å². The van der Waals surface area contributed by atoms with E-state index in [0.29, 0.717) is 6.04 Å². The number of halogens is 1. The summed E-state index contributed by atoms with van der Waals surface area (Å²) >= 11 is 3.56. The van der Waals surface area contributed by atoms with Gasteiger partial charge in [-0.05, 0) is 37.1 Å². The molecule has 0 N–H and O–H groups in total. The smallest absolute Gasteiger partial charge is 0.0589 e. The van der Waals surface area contributed by atoms with E-state index in [1.165, 1.54) is 35.8 Å². The molecule has 0 aliphatic carbocycles. The Labute approximate surface area is 112 Å². The van der Waals surface area contributed by atoms with Gasteiger partial charge in [0.25, 0.3) is 0 Å². The number of hydrogen-bond donors (Lipinski definition) is 0. The van der Waals surface area contributed by atoms with Gasteiger partial charge >= 0.3 is 0 Å². The summed E-state index contributed by atoms with van der Waals surface area (Å²) in [6.07, 6.45) is 3.91. The lowest BCUT2D eigenvalue weighted by Crippen LogP contribution is -2.35. The summed E-state index contributed by atoms with van der Waals surface area (Å²) in [5.74, 6) is 0. The van der Waals surface area contributed by atoms with Crippen LogP contribution in [0.2, 0.25) is 0 Å². The SMILES string of the molecule is COCCN1CCCCC1c1cccc(Br)c1. The molecule has 1 fully saturated rings. The van der Waals surface area contributed by atoms with Crippen LogP contribution >= 0.6 is 15.9 Å². The van der Waals surface area contributed by atoms with E-state index in [-0.39, 0.29) is 0 Å². The van der Waals surface area contributed by atoms with Crippen LogP contribution in [0.3, 0.4) is 0 Å². The predicted molar refractivity (Wildman–Crippen MR) is 74.2 cm³/mol. The van der Waals surface area contributed by atoms with Crippen molar-refractivity contribution >= 4 is 15.9 Å². The van der Waals surface area contributed by atoms with Gasteiger partial charge in [-0.1, -0.05) is 34.5 Å². The maximum absolute atomic E-state index is 5.20. The molecule has 1 aromatic rings. The monoisotopic (exact) mass is 297 g/mol. The summed E-state index contributed by atoms with van der Waals surface area (Å²) < 4.78 is 6.37. The van der Waals surface area contributed by atoms with E-state index in [4.69, 9.17) is 4.74 Å². The van der Waals surface area contributed by atoms with Crippen LogP contribution in [0, 0.1) is 0 Å². The highest BCUT2D eigenvalue weighted by Crippen LogP contribution is 2.31. The van der Waals surface area contributed by atoms with Crippen molar-refractivity contribution in [3.05, 3.63) is 34.3 Å². The molecule has 94 valence electrons. The fraction of sp³-hybridized carbons (Fsp3) is 0.571. The number of nitrogens with zero attached hydrogens (tertiary/aromatic N) is 1. The molecule has 2 nitrogen and oxygen atoms in total. The number of ether oxygens (including phenoxy) is 1. The second kappa shape index (κ2) is 6.53. The highest BCUT2D eigenvalue weighted by atomic mass is 79.9. The molecule has 1 atom stereocenters. The summed E-state index contributed by atoms with van der Waals surface area (Å²) in [6.45, 7) is 3.05. The van der Waals surface area contributed by atoms with Gasteiger partial charge in [0.1, 0.15) is 0 Å². The Hall–Kier alpha value is -0.380. The van der Waals surface area contributed by atoms with E-state index in [1.54, 1.807) is 7.11 Å². The molecule has 1 aromatic carbocycles. The molecule has 0 radical (unpaired) electrons. The van der Waals surface area contributed by atoms with Crippen LogP contribution in [-0.4, -0.2) is 31.7 Å². The molecule has 17 heavy (non-hydrogen) atoms. The maximum Gasteiger partial charge on any atom is 0.0589 e. The Morgan fingerprint density at radius 3 is 3.06 bits per heavy atom. The molecule has 1 saturated heterocycles. The minimum atomic E-state index is 0.566. The normalized spacial score (nSPS) is 21.6. The van der Waals surface area contributed by atoms with Gasteiger partial charge in [-0.3, -0.25) is 4.90 Å². The topological polar surface area (TPSA) is 12.5 Å². The second-order valence-electron chi connectivity index (χ2n) is 4.60. The number of hydrogen-bond acceptors (Lipinski definition) is 2. The van der Waals surface area contributed by atoms with Crippen LogP contribution in [0.4, 0.5) is 0 Å². The Bertz CT molecular complexity index is 356. The largest absolute Gasteiger partial charge is 0.383 e. The van der Waals surface area contributed by atoms with Gasteiger partial charge in [0, 0.05) is 24.2 Å². The van der Waals surface area contributed by atoms with Crippen molar-refractivity contribution in [3.63, 3.8) is 0 Å². The van der Waals surface area contributed by atoms with Gasteiger partial charge in [0.05, 0.1) is 6.61 Å². The molecule has 1 aliphatic rings. The van der Waals surface area contributed by atoms with Crippen molar-refractivity contribution in [2.75, 3.05) is 26.8 Å². The van der Waals surface area contributed by atoms with Crippen LogP contribution in [0.15, 0.2) is 28.7 Å². The lowest BCUT2D eigenvalue weighted by molar-refractivity contribution is 0.0960. The minimum absolute atomic E-state index is 0.566. The van der Waals surface area contributed by atoms with Crippen LogP contribution < -0.4 is 0 Å². The van der Waals surface area contributed by atoms with E-state index in [0.717, 1.165) is 13.2 Å². The first-order valence-electron chi connectivity index (χ1n) is 6.29. The average molecular weight is 298 g/mol. The molecule has 1 unspecified atom stereocenters. The maximum atomic E-state index is 5.20. The number of piperidine rings is 1. The molecular weight excluding hydrogens is 278 g/mol. The Kier molecular flexibility index (Phi) is 5.01. The van der Waals surface area contributed by atoms with Crippen molar-refractivity contribution in [1.82, 2.24) is 4.90 Å². The van der Waals surface area contributed by atoms with Crippen LogP contribution in [0.5, 0.6) is 0 Å². The zero-order valence-corrected chi connectivity index (χ0v) is 11.9. The highest BCUT2D eigenvalue weighted by molar-refractivity contribution is 9.10. The molecule has 0 bridgehead atoms. The summed E-state index contributed by atoms with van der Waals surface area (Å²) in [5.41, 5.74) is 1.43. The van der Waals surface area contributed by atoms with Gasteiger partial charge in [-0.25, -0.2) is 0 Å². The molecule has 1 heterocycles. The third kappa shape index (κ3) is 3.54. The Morgan fingerprint density at radius 1 is 1.41 bits per heavy atom. The lowest BCUT2D eigenvalue weighted by Gasteiger charge is -2.36. The van der Waals surface area contributed by atoms with E-state index < -0.39 is 0 Å². The van der Waals surface area contributed by atoms with Crippen molar-refractivity contribution in [2.45, 2.75) is 25.3 Å². The van der Waals surface area contributed by atoms with Crippen molar-refractivity contribution in [3.8, 4) is 0 Å². The molecule has 1 aliphatic heterocycles. The molecule has 0 aromatic heterocycles. The zero-order chi connectivity index (χ0) is 12.1. The van der Waals surface area contributed by atoms with Gasteiger partial charge in [0.2, 0.25) is 0 Å². The summed E-state index contributed by atoms with van der Waals surface area (Å²) in [7, 11) is 1.78. The number of benzene rings is 1. The molecular formula is C14H20BrNO.